The molecule has 0 saturated heterocycles. The second kappa shape index (κ2) is 10.3. The Bertz CT molecular complexity index is 1080. The Morgan fingerprint density at radius 3 is 2.28 bits per heavy atom. The Morgan fingerprint density at radius 2 is 1.75 bits per heavy atom. The van der Waals surface area contributed by atoms with Crippen LogP contribution < -0.4 is 15.4 Å². The van der Waals surface area contributed by atoms with Crippen LogP contribution in [0.1, 0.15) is 60.8 Å². The van der Waals surface area contributed by atoms with Crippen LogP contribution in [0.15, 0.2) is 42.5 Å². The molecule has 9 heteroatoms. The number of thiocarbonyl (C=S) groups is 1. The second-order valence-electron chi connectivity index (χ2n) is 8.67. The number of hydrogen-bond donors (Lipinski definition) is 3. The highest BCUT2D eigenvalue weighted by Crippen LogP contribution is 2.24. The quantitative estimate of drug-likeness (QED) is 0.411. The molecule has 0 aliphatic rings. The molecule has 1 atom stereocenters. The number of nitrogens with one attached hydrogen (secondary N) is 3. The van der Waals surface area contributed by atoms with Crippen molar-refractivity contribution in [3.63, 3.8) is 0 Å². The van der Waals surface area contributed by atoms with Crippen LogP contribution in [0.2, 0.25) is 0 Å². The molecule has 0 fully saturated rings. The molecule has 3 N–H and O–H groups in total. The monoisotopic (exact) mass is 477 g/mol. The number of carbonyl (C=O) groups is 1. The zero-order chi connectivity index (χ0) is 24.1. The highest BCUT2D eigenvalue weighted by molar-refractivity contribution is 7.92. The van der Waals surface area contributed by atoms with Gasteiger partial charge >= 0.3 is 5.97 Å². The molecule has 32 heavy (non-hydrogen) atoms. The molecule has 0 saturated carbocycles. The predicted molar refractivity (Wildman–Crippen MR) is 132 cm³/mol. The molecule has 0 heterocycles. The van der Waals surface area contributed by atoms with Crippen LogP contribution in [0.25, 0.3) is 0 Å². The summed E-state index contributed by atoms with van der Waals surface area (Å²) in [4.78, 5) is 12.1. The third kappa shape index (κ3) is 7.49. The van der Waals surface area contributed by atoms with E-state index in [0.717, 1.165) is 17.4 Å². The third-order valence-electron chi connectivity index (χ3n) is 4.86. The average molecular weight is 478 g/mol. The van der Waals surface area contributed by atoms with Crippen LogP contribution in [0.3, 0.4) is 0 Å². The lowest BCUT2D eigenvalue weighted by Crippen LogP contribution is -2.36. The van der Waals surface area contributed by atoms with E-state index in [1.807, 2.05) is 6.92 Å². The van der Waals surface area contributed by atoms with Crippen LogP contribution in [0.4, 0.5) is 5.69 Å². The molecule has 0 amide bonds. The third-order valence-corrected chi connectivity index (χ3v) is 5.72. The van der Waals surface area contributed by atoms with Crippen molar-refractivity contribution >= 4 is 39.0 Å². The molecule has 2 aromatic rings. The predicted octanol–water partition coefficient (Wildman–Crippen LogP) is 3.87. The van der Waals surface area contributed by atoms with E-state index in [1.165, 1.54) is 18.7 Å². The molecule has 2 rings (SSSR count). The van der Waals surface area contributed by atoms with Crippen molar-refractivity contribution in [2.75, 3.05) is 18.1 Å². The van der Waals surface area contributed by atoms with Crippen molar-refractivity contribution in [1.82, 2.24) is 10.6 Å². The fourth-order valence-corrected chi connectivity index (χ4v) is 3.86. The Hall–Kier alpha value is -2.65. The number of methoxy groups -OCH3 is 1. The van der Waals surface area contributed by atoms with Crippen LogP contribution in [-0.4, -0.2) is 32.9 Å². The van der Waals surface area contributed by atoms with Gasteiger partial charge in [0.15, 0.2) is 5.11 Å². The van der Waals surface area contributed by atoms with E-state index >= 15 is 0 Å². The van der Waals surface area contributed by atoms with Gasteiger partial charge in [0.2, 0.25) is 10.0 Å². The minimum absolute atomic E-state index is 0.105. The number of sulfonamides is 1. The number of ether oxygens (including phenoxy) is 1. The maximum atomic E-state index is 12.1. The molecular weight excluding hydrogens is 446 g/mol. The van der Waals surface area contributed by atoms with Crippen molar-refractivity contribution in [3.05, 3.63) is 64.7 Å². The summed E-state index contributed by atoms with van der Waals surface area (Å²) in [6, 6.07) is 13.0. The number of esters is 1. The van der Waals surface area contributed by atoms with Gasteiger partial charge in [0, 0.05) is 6.54 Å². The largest absolute Gasteiger partial charge is 0.465 e. The van der Waals surface area contributed by atoms with Crippen molar-refractivity contribution in [2.24, 2.45) is 0 Å². The van der Waals surface area contributed by atoms with E-state index in [9.17, 15) is 13.2 Å². The van der Waals surface area contributed by atoms with E-state index in [-0.39, 0.29) is 22.7 Å². The number of hydrogen-bond acceptors (Lipinski definition) is 5. The van der Waals surface area contributed by atoms with Gasteiger partial charge in [0.1, 0.15) is 0 Å². The number of carbonyl (C=O) groups excluding carboxylic acids is 1. The molecule has 0 aromatic heterocycles. The molecule has 0 bridgehead atoms. The number of anilines is 1. The molecule has 2 aromatic carbocycles. The van der Waals surface area contributed by atoms with E-state index in [2.05, 4.69) is 60.4 Å². The first-order valence-corrected chi connectivity index (χ1v) is 12.4. The fourth-order valence-electron chi connectivity index (χ4n) is 3.03. The Kier molecular flexibility index (Phi) is 8.25. The van der Waals surface area contributed by atoms with Crippen molar-refractivity contribution in [1.29, 1.82) is 0 Å². The zero-order valence-corrected chi connectivity index (χ0v) is 20.9. The van der Waals surface area contributed by atoms with Crippen LogP contribution in [0, 0.1) is 0 Å². The first kappa shape index (κ1) is 25.6. The van der Waals surface area contributed by atoms with Gasteiger partial charge in [0.25, 0.3) is 0 Å². The summed E-state index contributed by atoms with van der Waals surface area (Å²) < 4.78 is 30.3. The van der Waals surface area contributed by atoms with Gasteiger partial charge in [-0.2, -0.15) is 0 Å². The van der Waals surface area contributed by atoms with Crippen molar-refractivity contribution in [3.8, 4) is 0 Å². The molecule has 0 radical (unpaired) electrons. The first-order chi connectivity index (χ1) is 14.8. The Morgan fingerprint density at radius 1 is 1.12 bits per heavy atom. The van der Waals surface area contributed by atoms with Gasteiger partial charge in [-0.05, 0) is 53.4 Å². The van der Waals surface area contributed by atoms with Crippen LogP contribution in [0.5, 0.6) is 0 Å². The van der Waals surface area contributed by atoms with E-state index < -0.39 is 16.0 Å². The molecule has 0 aliphatic carbocycles. The second-order valence-corrected chi connectivity index (χ2v) is 10.8. The zero-order valence-electron chi connectivity index (χ0n) is 19.3. The molecule has 7 nitrogen and oxygen atoms in total. The molecule has 1 unspecified atom stereocenters. The summed E-state index contributed by atoms with van der Waals surface area (Å²) in [5, 5.41) is 6.84. The topological polar surface area (TPSA) is 96.5 Å². The maximum Gasteiger partial charge on any atom is 0.340 e. The molecular formula is C23H31N3O4S2. The normalized spacial score (nSPS) is 12.6. The van der Waals surface area contributed by atoms with Gasteiger partial charge < -0.3 is 15.4 Å². The summed E-state index contributed by atoms with van der Waals surface area (Å²) in [5.74, 6) is -0.635. The van der Waals surface area contributed by atoms with Gasteiger partial charge in [-0.25, -0.2) is 13.2 Å². The Labute approximate surface area is 196 Å². The highest BCUT2D eigenvalue weighted by Gasteiger charge is 2.18. The number of rotatable bonds is 7. The average Bonchev–Trinajstić information content (AvgIpc) is 2.70. The standard InChI is InChI=1S/C23H31N3O4S2/c1-15(17-9-12-20(26-32(6,28)29)19(13-17)21(27)30-5)25-22(31)24-14-16-7-10-18(11-8-16)23(2,3)4/h7-13,15,26H,14H2,1-6H3,(H2,24,25,31). The lowest BCUT2D eigenvalue weighted by atomic mass is 9.87. The Balaban J connectivity index is 2.05. The van der Waals surface area contributed by atoms with Gasteiger partial charge in [0.05, 0.1) is 30.7 Å². The van der Waals surface area contributed by atoms with E-state index in [0.29, 0.717) is 11.7 Å². The smallest absolute Gasteiger partial charge is 0.340 e. The molecule has 0 aliphatic heterocycles. The van der Waals surface area contributed by atoms with E-state index in [1.54, 1.807) is 12.1 Å². The van der Waals surface area contributed by atoms with Crippen LogP contribution >= 0.6 is 12.2 Å². The van der Waals surface area contributed by atoms with Crippen LogP contribution in [-0.2, 0) is 26.7 Å². The van der Waals surface area contributed by atoms with Gasteiger partial charge in [-0.1, -0.05) is 51.1 Å². The van der Waals surface area contributed by atoms with Crippen molar-refractivity contribution in [2.45, 2.75) is 45.7 Å². The summed E-state index contributed by atoms with van der Waals surface area (Å²) in [5.41, 5.74) is 3.53. The molecule has 174 valence electrons. The summed E-state index contributed by atoms with van der Waals surface area (Å²) in [6.45, 7) is 9.00. The highest BCUT2D eigenvalue weighted by atomic mass is 32.2. The van der Waals surface area contributed by atoms with Gasteiger partial charge in [-0.15, -0.1) is 0 Å². The molecule has 0 spiro atoms. The summed E-state index contributed by atoms with van der Waals surface area (Å²) in [7, 11) is -2.30. The lowest BCUT2D eigenvalue weighted by Gasteiger charge is -2.20. The minimum Gasteiger partial charge on any atom is -0.465 e. The number of benzene rings is 2. The summed E-state index contributed by atoms with van der Waals surface area (Å²) in [6.07, 6.45) is 1.02. The van der Waals surface area contributed by atoms with Crippen molar-refractivity contribution < 1.29 is 17.9 Å². The minimum atomic E-state index is -3.54. The lowest BCUT2D eigenvalue weighted by molar-refractivity contribution is 0.0602. The fraction of sp³-hybridized carbons (Fsp3) is 0.391. The maximum absolute atomic E-state index is 12.1. The first-order valence-electron chi connectivity index (χ1n) is 10.1. The van der Waals surface area contributed by atoms with Gasteiger partial charge in [-0.3, -0.25) is 4.72 Å². The summed E-state index contributed by atoms with van der Waals surface area (Å²) >= 11 is 5.41. The SMILES string of the molecule is COC(=O)c1cc(C(C)NC(=S)NCc2ccc(C(C)(C)C)cc2)ccc1NS(C)(=O)=O. The van der Waals surface area contributed by atoms with E-state index in [4.69, 9.17) is 17.0 Å².